The highest BCUT2D eigenvalue weighted by Crippen LogP contribution is 2.34. The number of para-hydroxylation sites is 1. The van der Waals surface area contributed by atoms with E-state index >= 15 is 0 Å². The Balaban J connectivity index is 2.02. The Hall–Kier alpha value is -0.970. The second-order valence-corrected chi connectivity index (χ2v) is 6.90. The van der Waals surface area contributed by atoms with Crippen LogP contribution in [0.5, 0.6) is 6.01 Å². The van der Waals surface area contributed by atoms with Gasteiger partial charge in [-0.3, -0.25) is 9.36 Å². The normalized spacial score (nSPS) is 18.4. The summed E-state index contributed by atoms with van der Waals surface area (Å²) < 4.78 is 5.64. The largest absolute Gasteiger partial charge is 0.459 e. The number of hydrogen-bond donors (Lipinski definition) is 0. The molecule has 1 atom stereocenters. The maximum atomic E-state index is 12.3. The summed E-state index contributed by atoms with van der Waals surface area (Å²) in [7, 11) is 0. The van der Waals surface area contributed by atoms with Gasteiger partial charge in [-0.25, -0.2) is 0 Å². The van der Waals surface area contributed by atoms with Crippen molar-refractivity contribution in [2.75, 3.05) is 0 Å². The summed E-state index contributed by atoms with van der Waals surface area (Å²) >= 11 is 17.2. The predicted molar refractivity (Wildman–Crippen MR) is 75.3 cm³/mol. The molecule has 0 saturated heterocycles. The lowest BCUT2D eigenvalue weighted by Crippen LogP contribution is -2.24. The third-order valence-electron chi connectivity index (χ3n) is 2.94. The standard InChI is InChI=1S/C12H9Cl3N2O2/c13-12(14,15)5-7-6-17-10(18)8-3-1-2-4-9(8)16-11(17)19-7/h1-4,7H,5-6H2. The third kappa shape index (κ3) is 2.53. The molecule has 0 fully saturated rings. The first-order chi connectivity index (χ1) is 8.94. The van der Waals surface area contributed by atoms with Gasteiger partial charge < -0.3 is 4.74 Å². The number of halogens is 3. The summed E-state index contributed by atoms with van der Waals surface area (Å²) in [5.41, 5.74) is 0.473. The Kier molecular flexibility index (Phi) is 3.12. The number of hydrogen-bond acceptors (Lipinski definition) is 3. The van der Waals surface area contributed by atoms with Crippen molar-refractivity contribution in [3.05, 3.63) is 34.6 Å². The van der Waals surface area contributed by atoms with Crippen molar-refractivity contribution in [3.8, 4) is 6.01 Å². The Morgan fingerprint density at radius 2 is 2.11 bits per heavy atom. The Morgan fingerprint density at radius 1 is 1.37 bits per heavy atom. The van der Waals surface area contributed by atoms with Gasteiger partial charge in [-0.05, 0) is 12.1 Å². The van der Waals surface area contributed by atoms with Crippen LogP contribution in [0, 0.1) is 0 Å². The van der Waals surface area contributed by atoms with Crippen LogP contribution in [0.4, 0.5) is 0 Å². The van der Waals surface area contributed by atoms with Crippen molar-refractivity contribution in [2.45, 2.75) is 22.9 Å². The molecule has 0 radical (unpaired) electrons. The van der Waals surface area contributed by atoms with Crippen LogP contribution in [0.3, 0.4) is 0 Å². The van der Waals surface area contributed by atoms with E-state index in [4.69, 9.17) is 39.5 Å². The van der Waals surface area contributed by atoms with Crippen molar-refractivity contribution < 1.29 is 4.74 Å². The zero-order valence-electron chi connectivity index (χ0n) is 9.65. The topological polar surface area (TPSA) is 44.1 Å². The molecule has 3 rings (SSSR count). The van der Waals surface area contributed by atoms with Gasteiger partial charge in [-0.2, -0.15) is 4.98 Å². The Morgan fingerprint density at radius 3 is 2.84 bits per heavy atom. The van der Waals surface area contributed by atoms with Gasteiger partial charge >= 0.3 is 0 Å². The molecule has 2 heterocycles. The van der Waals surface area contributed by atoms with Crippen LogP contribution < -0.4 is 10.3 Å². The van der Waals surface area contributed by atoms with E-state index in [1.54, 1.807) is 18.2 Å². The first-order valence-electron chi connectivity index (χ1n) is 5.67. The molecule has 1 aromatic heterocycles. The zero-order valence-corrected chi connectivity index (χ0v) is 11.9. The molecule has 0 spiro atoms. The van der Waals surface area contributed by atoms with E-state index in [1.165, 1.54) is 4.57 Å². The molecule has 0 amide bonds. The van der Waals surface area contributed by atoms with Gasteiger partial charge in [0.2, 0.25) is 0 Å². The van der Waals surface area contributed by atoms with Crippen molar-refractivity contribution in [1.82, 2.24) is 9.55 Å². The van der Waals surface area contributed by atoms with E-state index < -0.39 is 3.79 Å². The maximum Gasteiger partial charge on any atom is 0.300 e. The van der Waals surface area contributed by atoms with Crippen molar-refractivity contribution >= 4 is 45.7 Å². The van der Waals surface area contributed by atoms with Gasteiger partial charge in [0.25, 0.3) is 11.6 Å². The monoisotopic (exact) mass is 318 g/mol. The number of nitrogens with zero attached hydrogens (tertiary/aromatic N) is 2. The molecule has 1 unspecified atom stereocenters. The van der Waals surface area contributed by atoms with E-state index in [1.807, 2.05) is 6.07 Å². The molecule has 1 aliphatic heterocycles. The van der Waals surface area contributed by atoms with Crippen molar-refractivity contribution in [2.24, 2.45) is 0 Å². The number of ether oxygens (including phenoxy) is 1. The van der Waals surface area contributed by atoms with E-state index in [9.17, 15) is 4.79 Å². The molecule has 1 aliphatic rings. The smallest absolute Gasteiger partial charge is 0.300 e. The molecule has 4 nitrogen and oxygen atoms in total. The molecule has 0 N–H and O–H groups in total. The fraction of sp³-hybridized carbons (Fsp3) is 0.333. The quantitative estimate of drug-likeness (QED) is 0.759. The van der Waals surface area contributed by atoms with Gasteiger partial charge in [0.15, 0.2) is 3.79 Å². The van der Waals surface area contributed by atoms with Gasteiger partial charge in [-0.15, -0.1) is 0 Å². The molecule has 0 aliphatic carbocycles. The highest BCUT2D eigenvalue weighted by molar-refractivity contribution is 6.67. The fourth-order valence-electron chi connectivity index (χ4n) is 2.15. The summed E-state index contributed by atoms with van der Waals surface area (Å²) in [5.74, 6) is 0. The van der Waals surface area contributed by atoms with Crippen LogP contribution in [0.2, 0.25) is 0 Å². The van der Waals surface area contributed by atoms with Crippen LogP contribution in [-0.4, -0.2) is 19.4 Å². The van der Waals surface area contributed by atoms with Crippen LogP contribution in [0.25, 0.3) is 10.9 Å². The minimum absolute atomic E-state index is 0.132. The first-order valence-corrected chi connectivity index (χ1v) is 6.80. The second-order valence-electron chi connectivity index (χ2n) is 4.39. The molecule has 1 aromatic carbocycles. The van der Waals surface area contributed by atoms with E-state index in [0.29, 0.717) is 17.4 Å². The average molecular weight is 320 g/mol. The minimum Gasteiger partial charge on any atom is -0.459 e. The lowest BCUT2D eigenvalue weighted by Gasteiger charge is -2.14. The number of benzene rings is 1. The van der Waals surface area contributed by atoms with Crippen LogP contribution in [0.1, 0.15) is 6.42 Å². The first kappa shape index (κ1) is 13.0. The Bertz CT molecular complexity index is 693. The minimum atomic E-state index is -1.41. The molecule has 0 bridgehead atoms. The molecule has 2 aromatic rings. The van der Waals surface area contributed by atoms with Crippen LogP contribution in [-0.2, 0) is 6.54 Å². The predicted octanol–water partition coefficient (Wildman–Crippen LogP) is 2.92. The number of aromatic nitrogens is 2. The number of fused-ring (bicyclic) bond motifs is 2. The second kappa shape index (κ2) is 4.54. The highest BCUT2D eigenvalue weighted by atomic mass is 35.6. The van der Waals surface area contributed by atoms with E-state index in [0.717, 1.165) is 0 Å². The summed E-state index contributed by atoms with van der Waals surface area (Å²) in [6.07, 6.45) is -0.152. The van der Waals surface area contributed by atoms with Crippen molar-refractivity contribution in [1.29, 1.82) is 0 Å². The number of alkyl halides is 3. The number of rotatable bonds is 1. The average Bonchev–Trinajstić information content (AvgIpc) is 2.69. The van der Waals surface area contributed by atoms with Crippen LogP contribution in [0.15, 0.2) is 29.1 Å². The zero-order chi connectivity index (χ0) is 13.6. The molecule has 100 valence electrons. The lowest BCUT2D eigenvalue weighted by atomic mass is 10.2. The SMILES string of the molecule is O=c1c2ccccc2nc2n1CC(CC(Cl)(Cl)Cl)O2. The molecule has 7 heteroatoms. The molecular formula is C12H9Cl3N2O2. The molecule has 0 saturated carbocycles. The third-order valence-corrected chi connectivity index (χ3v) is 3.41. The van der Waals surface area contributed by atoms with E-state index in [-0.39, 0.29) is 24.1 Å². The molecule has 19 heavy (non-hydrogen) atoms. The summed E-state index contributed by atoms with van der Waals surface area (Å²) in [4.78, 5) is 16.6. The maximum absolute atomic E-state index is 12.3. The lowest BCUT2D eigenvalue weighted by molar-refractivity contribution is 0.216. The summed E-state index contributed by atoms with van der Waals surface area (Å²) in [6, 6.07) is 7.40. The highest BCUT2D eigenvalue weighted by Gasteiger charge is 2.33. The van der Waals surface area contributed by atoms with Crippen molar-refractivity contribution in [3.63, 3.8) is 0 Å². The summed E-state index contributed by atoms with van der Waals surface area (Å²) in [5, 5.41) is 0.560. The van der Waals surface area contributed by atoms with E-state index in [2.05, 4.69) is 4.98 Å². The Labute approximate surface area is 123 Å². The fourth-order valence-corrected chi connectivity index (χ4v) is 2.67. The van der Waals surface area contributed by atoms with Crippen LogP contribution >= 0.6 is 34.8 Å². The van der Waals surface area contributed by atoms with Gasteiger partial charge in [0.1, 0.15) is 6.10 Å². The summed E-state index contributed by atoms with van der Waals surface area (Å²) in [6.45, 7) is 0.347. The van der Waals surface area contributed by atoms with Gasteiger partial charge in [0, 0.05) is 6.42 Å². The molecular weight excluding hydrogens is 311 g/mol. The van der Waals surface area contributed by atoms with Gasteiger partial charge in [0.05, 0.1) is 17.4 Å². The van der Waals surface area contributed by atoms with Gasteiger partial charge in [-0.1, -0.05) is 46.9 Å².